The van der Waals surface area contributed by atoms with E-state index in [1.807, 2.05) is 30.3 Å². The van der Waals surface area contributed by atoms with Crippen molar-refractivity contribution in [2.24, 2.45) is 0 Å². The average Bonchev–Trinajstić information content (AvgIpc) is 3.02. The summed E-state index contributed by atoms with van der Waals surface area (Å²) in [7, 11) is 0. The molecule has 0 saturated heterocycles. The van der Waals surface area contributed by atoms with Gasteiger partial charge in [0.1, 0.15) is 12.1 Å². The summed E-state index contributed by atoms with van der Waals surface area (Å²) >= 11 is 0. The molecule has 0 atom stereocenters. The highest BCUT2D eigenvalue weighted by atomic mass is 16.2. The van der Waals surface area contributed by atoms with Crippen LogP contribution in [0.2, 0.25) is 0 Å². The number of para-hydroxylation sites is 1. The predicted octanol–water partition coefficient (Wildman–Crippen LogP) is 0.977. The number of benzene rings is 2. The van der Waals surface area contributed by atoms with Gasteiger partial charge in [-0.05, 0) is 24.3 Å². The number of hydrogen-bond acceptors (Lipinski definition) is 4. The van der Waals surface area contributed by atoms with E-state index in [0.29, 0.717) is 18.7 Å². The Balaban J connectivity index is 1.44. The third-order valence-corrected chi connectivity index (χ3v) is 3.48. The molecule has 1 heterocycles. The van der Waals surface area contributed by atoms with Gasteiger partial charge in [-0.2, -0.15) is 0 Å². The quantitative estimate of drug-likeness (QED) is 0.662. The number of carbonyl (C=O) groups is 2. The zero-order valence-corrected chi connectivity index (χ0v) is 13.0. The van der Waals surface area contributed by atoms with Crippen molar-refractivity contribution < 1.29 is 9.59 Å². The van der Waals surface area contributed by atoms with Crippen LogP contribution >= 0.6 is 0 Å². The largest absolute Gasteiger partial charge is 0.353 e. The lowest BCUT2D eigenvalue weighted by Gasteiger charge is -2.07. The maximum absolute atomic E-state index is 12.0. The number of amides is 2. The van der Waals surface area contributed by atoms with E-state index in [1.165, 1.54) is 0 Å². The molecule has 3 aromatic rings. The summed E-state index contributed by atoms with van der Waals surface area (Å²) < 4.78 is 1.55. The number of fused-ring (bicyclic) bond motifs is 1. The maximum atomic E-state index is 12.0. The Morgan fingerprint density at radius 2 is 1.62 bits per heavy atom. The first-order valence-electron chi connectivity index (χ1n) is 7.62. The molecule has 24 heavy (non-hydrogen) atoms. The highest BCUT2D eigenvalue weighted by Crippen LogP contribution is 2.08. The smallest absolute Gasteiger partial charge is 0.251 e. The number of rotatable bonds is 6. The number of hydrogen-bond donors (Lipinski definition) is 2. The molecule has 0 unspecified atom stereocenters. The lowest BCUT2D eigenvalue weighted by Crippen LogP contribution is -2.36. The molecule has 0 aliphatic heterocycles. The van der Waals surface area contributed by atoms with E-state index in [0.717, 1.165) is 11.0 Å². The molecular weight excluding hydrogens is 306 g/mol. The van der Waals surface area contributed by atoms with Crippen molar-refractivity contribution in [3.8, 4) is 0 Å². The molecule has 0 radical (unpaired) electrons. The number of aromatic nitrogens is 3. The third-order valence-electron chi connectivity index (χ3n) is 3.48. The van der Waals surface area contributed by atoms with Gasteiger partial charge in [0.15, 0.2) is 0 Å². The molecule has 0 fully saturated rings. The van der Waals surface area contributed by atoms with Crippen molar-refractivity contribution in [3.05, 3.63) is 60.2 Å². The fourth-order valence-corrected chi connectivity index (χ4v) is 2.30. The highest BCUT2D eigenvalue weighted by Gasteiger charge is 2.08. The lowest BCUT2D eigenvalue weighted by atomic mass is 10.2. The van der Waals surface area contributed by atoms with Gasteiger partial charge >= 0.3 is 0 Å². The SMILES string of the molecule is O=C(Cn1nnc2ccccc21)NCCNC(=O)c1ccccc1. The molecule has 0 aliphatic carbocycles. The monoisotopic (exact) mass is 323 g/mol. The molecule has 7 nitrogen and oxygen atoms in total. The van der Waals surface area contributed by atoms with Gasteiger partial charge in [-0.3, -0.25) is 9.59 Å². The minimum atomic E-state index is -0.181. The fourth-order valence-electron chi connectivity index (χ4n) is 2.30. The molecule has 0 bridgehead atoms. The first kappa shape index (κ1) is 15.7. The Morgan fingerprint density at radius 3 is 2.46 bits per heavy atom. The summed E-state index contributed by atoms with van der Waals surface area (Å²) in [6, 6.07) is 16.4. The van der Waals surface area contributed by atoms with E-state index in [4.69, 9.17) is 0 Å². The summed E-state index contributed by atoms with van der Waals surface area (Å²) in [5, 5.41) is 13.5. The van der Waals surface area contributed by atoms with Crippen molar-refractivity contribution >= 4 is 22.8 Å². The molecule has 2 amide bonds. The molecule has 0 aliphatic rings. The summed E-state index contributed by atoms with van der Waals surface area (Å²) in [5.41, 5.74) is 2.16. The molecule has 3 rings (SSSR count). The second-order valence-corrected chi connectivity index (χ2v) is 5.21. The normalized spacial score (nSPS) is 10.5. The summed E-state index contributed by atoms with van der Waals surface area (Å²) in [6.07, 6.45) is 0. The van der Waals surface area contributed by atoms with E-state index in [-0.39, 0.29) is 18.4 Å². The Bertz CT molecular complexity index is 844. The van der Waals surface area contributed by atoms with Crippen molar-refractivity contribution in [1.82, 2.24) is 25.6 Å². The van der Waals surface area contributed by atoms with E-state index < -0.39 is 0 Å². The average molecular weight is 323 g/mol. The Morgan fingerprint density at radius 1 is 0.917 bits per heavy atom. The number of nitrogens with one attached hydrogen (secondary N) is 2. The van der Waals surface area contributed by atoms with Crippen LogP contribution in [0.4, 0.5) is 0 Å². The molecule has 7 heteroatoms. The highest BCUT2D eigenvalue weighted by molar-refractivity contribution is 5.94. The molecule has 1 aromatic heterocycles. The van der Waals surface area contributed by atoms with Crippen LogP contribution in [0, 0.1) is 0 Å². The van der Waals surface area contributed by atoms with Crippen molar-refractivity contribution in [2.75, 3.05) is 13.1 Å². The van der Waals surface area contributed by atoms with Gasteiger partial charge in [-0.1, -0.05) is 35.5 Å². The van der Waals surface area contributed by atoms with Crippen LogP contribution in [-0.4, -0.2) is 39.9 Å². The van der Waals surface area contributed by atoms with Crippen LogP contribution < -0.4 is 10.6 Å². The predicted molar refractivity (Wildman–Crippen MR) is 89.3 cm³/mol. The minimum absolute atomic E-state index is 0.0904. The molecular formula is C17H17N5O2. The van der Waals surface area contributed by atoms with Crippen LogP contribution in [0.5, 0.6) is 0 Å². The first-order valence-corrected chi connectivity index (χ1v) is 7.62. The summed E-state index contributed by atoms with van der Waals surface area (Å²) in [4.78, 5) is 23.8. The maximum Gasteiger partial charge on any atom is 0.251 e. The Labute approximate surface area is 138 Å². The Kier molecular flexibility index (Phi) is 4.81. The molecule has 122 valence electrons. The second-order valence-electron chi connectivity index (χ2n) is 5.21. The van der Waals surface area contributed by atoms with Crippen LogP contribution in [0.1, 0.15) is 10.4 Å². The van der Waals surface area contributed by atoms with Gasteiger partial charge in [0.25, 0.3) is 5.91 Å². The van der Waals surface area contributed by atoms with Gasteiger partial charge in [0.05, 0.1) is 5.52 Å². The van der Waals surface area contributed by atoms with Gasteiger partial charge < -0.3 is 10.6 Å². The van der Waals surface area contributed by atoms with Crippen molar-refractivity contribution in [3.63, 3.8) is 0 Å². The van der Waals surface area contributed by atoms with Crippen LogP contribution in [0.15, 0.2) is 54.6 Å². The molecule has 0 spiro atoms. The zero-order valence-electron chi connectivity index (χ0n) is 13.0. The molecule has 2 N–H and O–H groups in total. The lowest BCUT2D eigenvalue weighted by molar-refractivity contribution is -0.121. The topological polar surface area (TPSA) is 88.9 Å². The van der Waals surface area contributed by atoms with Gasteiger partial charge in [0.2, 0.25) is 5.91 Å². The van der Waals surface area contributed by atoms with Gasteiger partial charge in [-0.15, -0.1) is 5.10 Å². The van der Waals surface area contributed by atoms with E-state index in [9.17, 15) is 9.59 Å². The van der Waals surface area contributed by atoms with Crippen molar-refractivity contribution in [2.45, 2.75) is 6.54 Å². The summed E-state index contributed by atoms with van der Waals surface area (Å²) in [6.45, 7) is 0.800. The van der Waals surface area contributed by atoms with Crippen LogP contribution in [0.25, 0.3) is 11.0 Å². The van der Waals surface area contributed by atoms with Crippen LogP contribution in [-0.2, 0) is 11.3 Å². The van der Waals surface area contributed by atoms with Gasteiger partial charge in [0, 0.05) is 18.7 Å². The van der Waals surface area contributed by atoms with Crippen molar-refractivity contribution in [1.29, 1.82) is 0 Å². The van der Waals surface area contributed by atoms with Gasteiger partial charge in [-0.25, -0.2) is 4.68 Å². The van der Waals surface area contributed by atoms with E-state index in [2.05, 4.69) is 20.9 Å². The first-order chi connectivity index (χ1) is 11.7. The second kappa shape index (κ2) is 7.36. The zero-order chi connectivity index (χ0) is 16.8. The van der Waals surface area contributed by atoms with Crippen LogP contribution in [0.3, 0.4) is 0 Å². The molecule has 0 saturated carbocycles. The molecule has 2 aromatic carbocycles. The fraction of sp³-hybridized carbons (Fsp3) is 0.176. The Hall–Kier alpha value is -3.22. The number of carbonyl (C=O) groups excluding carboxylic acids is 2. The standard InChI is InChI=1S/C17H17N5O2/c23-16(12-22-15-9-5-4-8-14(15)20-21-22)18-10-11-19-17(24)13-6-2-1-3-7-13/h1-9H,10-12H2,(H,18,23)(H,19,24). The number of nitrogens with zero attached hydrogens (tertiary/aromatic N) is 3. The third kappa shape index (κ3) is 3.75. The minimum Gasteiger partial charge on any atom is -0.353 e. The van der Waals surface area contributed by atoms with E-state index >= 15 is 0 Å². The summed E-state index contributed by atoms with van der Waals surface area (Å²) in [5.74, 6) is -0.341. The van der Waals surface area contributed by atoms with E-state index in [1.54, 1.807) is 28.9 Å².